The molecular weight excluding hydrogens is 320 g/mol. The van der Waals surface area contributed by atoms with Gasteiger partial charge < -0.3 is 14.5 Å². The number of anilines is 1. The highest BCUT2D eigenvalue weighted by molar-refractivity contribution is 7.14. The SMILES string of the molecule is COc1c(C(=O)N2CCN(c3ccccc3)CC2)sc2c1CCC2. The third-order valence-corrected chi connectivity index (χ3v) is 6.22. The van der Waals surface area contributed by atoms with Crippen molar-refractivity contribution >= 4 is 22.9 Å². The van der Waals surface area contributed by atoms with E-state index in [-0.39, 0.29) is 5.91 Å². The molecule has 2 heterocycles. The highest BCUT2D eigenvalue weighted by Gasteiger charge is 2.30. The zero-order valence-corrected chi connectivity index (χ0v) is 14.8. The van der Waals surface area contributed by atoms with Gasteiger partial charge in [0.25, 0.3) is 5.91 Å². The molecule has 0 spiro atoms. The minimum atomic E-state index is 0.138. The Kier molecular flexibility index (Phi) is 4.19. The van der Waals surface area contributed by atoms with Crippen LogP contribution in [-0.4, -0.2) is 44.1 Å². The number of hydrogen-bond acceptors (Lipinski definition) is 4. The Labute approximate surface area is 146 Å². The van der Waals surface area contributed by atoms with Crippen molar-refractivity contribution in [3.8, 4) is 5.75 Å². The molecule has 0 N–H and O–H groups in total. The number of hydrogen-bond donors (Lipinski definition) is 0. The molecule has 0 saturated carbocycles. The van der Waals surface area contributed by atoms with E-state index in [4.69, 9.17) is 4.74 Å². The molecule has 126 valence electrons. The first-order valence-electron chi connectivity index (χ1n) is 8.55. The number of piperazine rings is 1. The Bertz CT molecular complexity index is 733. The Hall–Kier alpha value is -2.01. The summed E-state index contributed by atoms with van der Waals surface area (Å²) in [6.07, 6.45) is 3.32. The van der Waals surface area contributed by atoms with Crippen molar-refractivity contribution in [2.24, 2.45) is 0 Å². The van der Waals surface area contributed by atoms with Gasteiger partial charge in [-0.25, -0.2) is 0 Å². The smallest absolute Gasteiger partial charge is 0.267 e. The zero-order valence-electron chi connectivity index (χ0n) is 14.0. The molecule has 1 aliphatic heterocycles. The number of thiophene rings is 1. The van der Waals surface area contributed by atoms with Crippen molar-refractivity contribution in [2.45, 2.75) is 19.3 Å². The van der Waals surface area contributed by atoms with Gasteiger partial charge in [0, 0.05) is 42.3 Å². The fraction of sp³-hybridized carbons (Fsp3) is 0.421. The maximum Gasteiger partial charge on any atom is 0.267 e. The van der Waals surface area contributed by atoms with Crippen LogP contribution in [0.5, 0.6) is 5.75 Å². The van der Waals surface area contributed by atoms with Crippen molar-refractivity contribution in [2.75, 3.05) is 38.2 Å². The first-order chi connectivity index (χ1) is 11.8. The summed E-state index contributed by atoms with van der Waals surface area (Å²) in [5, 5.41) is 0. The molecule has 1 saturated heterocycles. The number of carbonyl (C=O) groups excluding carboxylic acids is 1. The minimum absolute atomic E-state index is 0.138. The van der Waals surface area contributed by atoms with Crippen LogP contribution in [0, 0.1) is 0 Å². The van der Waals surface area contributed by atoms with Crippen LogP contribution in [0.2, 0.25) is 0 Å². The molecule has 1 amide bonds. The van der Waals surface area contributed by atoms with Gasteiger partial charge in [-0.05, 0) is 31.4 Å². The van der Waals surface area contributed by atoms with Gasteiger partial charge in [-0.2, -0.15) is 0 Å². The van der Waals surface area contributed by atoms with E-state index in [1.54, 1.807) is 18.4 Å². The fourth-order valence-electron chi connectivity index (χ4n) is 3.68. The van der Waals surface area contributed by atoms with Crippen LogP contribution < -0.4 is 9.64 Å². The maximum atomic E-state index is 13.0. The predicted molar refractivity (Wildman–Crippen MR) is 97.5 cm³/mol. The molecule has 1 aromatic heterocycles. The summed E-state index contributed by atoms with van der Waals surface area (Å²) in [5.41, 5.74) is 2.51. The van der Waals surface area contributed by atoms with Gasteiger partial charge in [-0.3, -0.25) is 4.79 Å². The summed E-state index contributed by atoms with van der Waals surface area (Å²) in [7, 11) is 1.69. The molecule has 2 aromatic rings. The van der Waals surface area contributed by atoms with Crippen LogP contribution in [0.25, 0.3) is 0 Å². The Morgan fingerprint density at radius 2 is 1.83 bits per heavy atom. The van der Waals surface area contributed by atoms with Crippen LogP contribution in [0.15, 0.2) is 30.3 Å². The fourth-order valence-corrected chi connectivity index (χ4v) is 5.01. The molecule has 4 rings (SSSR count). The number of rotatable bonds is 3. The van der Waals surface area contributed by atoms with Gasteiger partial charge in [-0.15, -0.1) is 11.3 Å². The predicted octanol–water partition coefficient (Wildman–Crippen LogP) is 3.21. The molecule has 0 atom stereocenters. The lowest BCUT2D eigenvalue weighted by molar-refractivity contribution is 0.0748. The van der Waals surface area contributed by atoms with Gasteiger partial charge in [0.15, 0.2) is 0 Å². The molecule has 0 radical (unpaired) electrons. The van der Waals surface area contributed by atoms with E-state index in [0.29, 0.717) is 0 Å². The number of benzene rings is 1. The number of methoxy groups -OCH3 is 1. The number of amides is 1. The number of ether oxygens (including phenoxy) is 1. The topological polar surface area (TPSA) is 32.8 Å². The van der Waals surface area contributed by atoms with Crippen molar-refractivity contribution in [3.05, 3.63) is 45.6 Å². The average molecular weight is 342 g/mol. The lowest BCUT2D eigenvalue weighted by Crippen LogP contribution is -2.48. The molecule has 4 nitrogen and oxygen atoms in total. The normalized spacial score (nSPS) is 17.0. The average Bonchev–Trinajstić information content (AvgIpc) is 3.23. The number of fused-ring (bicyclic) bond motifs is 1. The summed E-state index contributed by atoms with van der Waals surface area (Å²) < 4.78 is 5.58. The van der Waals surface area contributed by atoms with Gasteiger partial charge >= 0.3 is 0 Å². The van der Waals surface area contributed by atoms with Crippen LogP contribution in [0.3, 0.4) is 0 Å². The van der Waals surface area contributed by atoms with E-state index in [2.05, 4.69) is 29.2 Å². The highest BCUT2D eigenvalue weighted by Crippen LogP contribution is 2.41. The van der Waals surface area contributed by atoms with Crippen molar-refractivity contribution in [1.29, 1.82) is 0 Å². The van der Waals surface area contributed by atoms with Crippen molar-refractivity contribution < 1.29 is 9.53 Å². The third-order valence-electron chi connectivity index (χ3n) is 4.96. The van der Waals surface area contributed by atoms with Crippen LogP contribution in [0.4, 0.5) is 5.69 Å². The molecule has 1 aliphatic carbocycles. The second-order valence-electron chi connectivity index (χ2n) is 6.33. The summed E-state index contributed by atoms with van der Waals surface area (Å²) >= 11 is 1.64. The molecular formula is C19H22N2O2S. The summed E-state index contributed by atoms with van der Waals surface area (Å²) in [4.78, 5) is 19.4. The van der Waals surface area contributed by atoms with E-state index in [1.165, 1.54) is 22.5 Å². The van der Waals surface area contributed by atoms with E-state index in [9.17, 15) is 4.79 Å². The third kappa shape index (κ3) is 2.67. The summed E-state index contributed by atoms with van der Waals surface area (Å²) in [6.45, 7) is 3.28. The molecule has 24 heavy (non-hydrogen) atoms. The molecule has 1 fully saturated rings. The standard InChI is InChI=1S/C19H22N2O2S/c1-23-17-15-8-5-9-16(15)24-18(17)19(22)21-12-10-20(11-13-21)14-6-3-2-4-7-14/h2-4,6-7H,5,8-13H2,1H3. The lowest BCUT2D eigenvalue weighted by Gasteiger charge is -2.36. The van der Waals surface area contributed by atoms with Gasteiger partial charge in [-0.1, -0.05) is 18.2 Å². The van der Waals surface area contributed by atoms with Crippen molar-refractivity contribution in [1.82, 2.24) is 4.90 Å². The van der Waals surface area contributed by atoms with E-state index in [0.717, 1.165) is 49.6 Å². The zero-order chi connectivity index (χ0) is 16.5. The second kappa shape index (κ2) is 6.48. The van der Waals surface area contributed by atoms with E-state index in [1.807, 2.05) is 11.0 Å². The van der Waals surface area contributed by atoms with Gasteiger partial charge in [0.1, 0.15) is 10.6 Å². The Morgan fingerprint density at radius 3 is 2.54 bits per heavy atom. The number of carbonyl (C=O) groups is 1. The first kappa shape index (κ1) is 15.5. The molecule has 2 aliphatic rings. The summed E-state index contributed by atoms with van der Waals surface area (Å²) in [6, 6.07) is 10.4. The molecule has 0 bridgehead atoms. The molecule has 1 aromatic carbocycles. The van der Waals surface area contributed by atoms with E-state index >= 15 is 0 Å². The highest BCUT2D eigenvalue weighted by atomic mass is 32.1. The van der Waals surface area contributed by atoms with Crippen LogP contribution in [0.1, 0.15) is 26.5 Å². The lowest BCUT2D eigenvalue weighted by atomic mass is 10.2. The Morgan fingerprint density at radius 1 is 1.08 bits per heavy atom. The van der Waals surface area contributed by atoms with Crippen molar-refractivity contribution in [3.63, 3.8) is 0 Å². The number of aryl methyl sites for hydroxylation is 1. The maximum absolute atomic E-state index is 13.0. The van der Waals surface area contributed by atoms with Crippen LogP contribution in [-0.2, 0) is 12.8 Å². The second-order valence-corrected chi connectivity index (χ2v) is 7.44. The quantitative estimate of drug-likeness (QED) is 0.859. The van der Waals surface area contributed by atoms with Gasteiger partial charge in [0.05, 0.1) is 7.11 Å². The first-order valence-corrected chi connectivity index (χ1v) is 9.37. The summed E-state index contributed by atoms with van der Waals surface area (Å²) in [5.74, 6) is 0.974. The van der Waals surface area contributed by atoms with Gasteiger partial charge in [0.2, 0.25) is 0 Å². The number of para-hydroxylation sites is 1. The van der Waals surface area contributed by atoms with E-state index < -0.39 is 0 Å². The molecule has 0 unspecified atom stereocenters. The Balaban J connectivity index is 1.47. The number of nitrogens with zero attached hydrogens (tertiary/aromatic N) is 2. The monoisotopic (exact) mass is 342 g/mol. The largest absolute Gasteiger partial charge is 0.495 e. The van der Waals surface area contributed by atoms with Crippen LogP contribution >= 0.6 is 11.3 Å². The molecule has 5 heteroatoms. The minimum Gasteiger partial charge on any atom is -0.495 e.